The second-order valence-corrected chi connectivity index (χ2v) is 4.83. The number of nitrogens with one attached hydrogen (secondary N) is 1. The van der Waals surface area contributed by atoms with Crippen molar-refractivity contribution < 1.29 is 0 Å². The van der Waals surface area contributed by atoms with E-state index in [0.717, 1.165) is 19.0 Å². The highest BCUT2D eigenvalue weighted by Crippen LogP contribution is 2.28. The molecule has 0 aromatic carbocycles. The van der Waals surface area contributed by atoms with E-state index >= 15 is 0 Å². The molecule has 0 radical (unpaired) electrons. The zero-order chi connectivity index (χ0) is 6.97. The second kappa shape index (κ2) is 2.64. The summed E-state index contributed by atoms with van der Waals surface area (Å²) in [5.41, 5.74) is 1.48. The molecule has 0 atom stereocenters. The van der Waals surface area contributed by atoms with Gasteiger partial charge in [0.25, 0.3) is 0 Å². The van der Waals surface area contributed by atoms with Gasteiger partial charge in [0.1, 0.15) is 0 Å². The van der Waals surface area contributed by atoms with Crippen LogP contribution in [0.4, 0.5) is 0 Å². The maximum atomic E-state index is 3.45. The van der Waals surface area contributed by atoms with Gasteiger partial charge in [0, 0.05) is 19.0 Å². The molecule has 3 heteroatoms. The number of halogens is 1. The van der Waals surface area contributed by atoms with E-state index in [4.69, 9.17) is 0 Å². The van der Waals surface area contributed by atoms with Crippen LogP contribution >= 0.6 is 27.3 Å². The minimum atomic E-state index is 0.780. The molecular weight excluding hydrogens is 210 g/mol. The third-order valence-corrected chi connectivity index (χ3v) is 3.36. The summed E-state index contributed by atoms with van der Waals surface area (Å²) < 4.78 is 1.24. The van der Waals surface area contributed by atoms with E-state index in [9.17, 15) is 0 Å². The van der Waals surface area contributed by atoms with Crippen molar-refractivity contribution in [2.45, 2.75) is 5.92 Å². The fourth-order valence-corrected chi connectivity index (χ4v) is 2.32. The first kappa shape index (κ1) is 6.83. The molecule has 0 bridgehead atoms. The van der Waals surface area contributed by atoms with Crippen LogP contribution < -0.4 is 5.32 Å². The Kier molecular flexibility index (Phi) is 1.80. The van der Waals surface area contributed by atoms with Gasteiger partial charge in [-0.05, 0) is 32.9 Å². The molecule has 2 heterocycles. The SMILES string of the molecule is Brc1cc(C2CNC2)cs1. The number of thiophene rings is 1. The van der Waals surface area contributed by atoms with E-state index in [1.165, 1.54) is 9.35 Å². The monoisotopic (exact) mass is 217 g/mol. The fourth-order valence-electron chi connectivity index (χ4n) is 1.06. The van der Waals surface area contributed by atoms with Crippen LogP contribution in [0.25, 0.3) is 0 Å². The summed E-state index contributed by atoms with van der Waals surface area (Å²) in [4.78, 5) is 0. The van der Waals surface area contributed by atoms with Crippen molar-refractivity contribution in [2.75, 3.05) is 13.1 Å². The Bertz CT molecular complexity index is 229. The Morgan fingerprint density at radius 2 is 2.40 bits per heavy atom. The predicted molar refractivity (Wildman–Crippen MR) is 47.6 cm³/mol. The summed E-state index contributed by atoms with van der Waals surface area (Å²) in [6, 6.07) is 2.22. The van der Waals surface area contributed by atoms with Crippen LogP contribution in [0.2, 0.25) is 0 Å². The van der Waals surface area contributed by atoms with E-state index in [0.29, 0.717) is 0 Å². The first-order valence-electron chi connectivity index (χ1n) is 3.31. The standard InChI is InChI=1S/C7H8BrNS/c8-7-1-5(4-10-7)6-2-9-3-6/h1,4,6,9H,2-3H2. The molecule has 1 N–H and O–H groups in total. The van der Waals surface area contributed by atoms with Gasteiger partial charge in [-0.3, -0.25) is 0 Å². The lowest BCUT2D eigenvalue weighted by atomic mass is 9.97. The Morgan fingerprint density at radius 1 is 1.60 bits per heavy atom. The van der Waals surface area contributed by atoms with Crippen LogP contribution in [0.15, 0.2) is 15.2 Å². The molecule has 1 aliphatic heterocycles. The summed E-state index contributed by atoms with van der Waals surface area (Å²) >= 11 is 5.22. The van der Waals surface area contributed by atoms with Gasteiger partial charge < -0.3 is 5.32 Å². The van der Waals surface area contributed by atoms with Gasteiger partial charge in [-0.2, -0.15) is 0 Å². The Balaban J connectivity index is 2.17. The highest BCUT2D eigenvalue weighted by Gasteiger charge is 2.19. The molecule has 1 saturated heterocycles. The molecule has 1 nitrogen and oxygen atoms in total. The zero-order valence-corrected chi connectivity index (χ0v) is 7.83. The average Bonchev–Trinajstić information content (AvgIpc) is 2.10. The first-order chi connectivity index (χ1) is 4.86. The minimum Gasteiger partial charge on any atom is -0.315 e. The fraction of sp³-hybridized carbons (Fsp3) is 0.429. The topological polar surface area (TPSA) is 12.0 Å². The van der Waals surface area contributed by atoms with Crippen molar-refractivity contribution in [3.63, 3.8) is 0 Å². The number of hydrogen-bond donors (Lipinski definition) is 1. The van der Waals surface area contributed by atoms with Crippen LogP contribution in [-0.4, -0.2) is 13.1 Å². The largest absolute Gasteiger partial charge is 0.315 e. The van der Waals surface area contributed by atoms with Gasteiger partial charge in [-0.15, -0.1) is 11.3 Å². The van der Waals surface area contributed by atoms with Crippen LogP contribution in [0, 0.1) is 0 Å². The smallest absolute Gasteiger partial charge is 0.0701 e. The molecule has 0 aliphatic carbocycles. The number of rotatable bonds is 1. The second-order valence-electron chi connectivity index (χ2n) is 2.54. The van der Waals surface area contributed by atoms with E-state index in [1.807, 2.05) is 0 Å². The van der Waals surface area contributed by atoms with Crippen LogP contribution in [0.1, 0.15) is 11.5 Å². The zero-order valence-electron chi connectivity index (χ0n) is 5.43. The molecule has 1 fully saturated rings. The maximum absolute atomic E-state index is 3.45. The summed E-state index contributed by atoms with van der Waals surface area (Å²) in [7, 11) is 0. The van der Waals surface area contributed by atoms with Gasteiger partial charge in [0.2, 0.25) is 0 Å². The van der Waals surface area contributed by atoms with Crippen LogP contribution in [0.5, 0.6) is 0 Å². The molecule has 1 aromatic heterocycles. The van der Waals surface area contributed by atoms with Gasteiger partial charge in [-0.1, -0.05) is 0 Å². The molecule has 1 aliphatic rings. The normalized spacial score (nSPS) is 18.9. The Morgan fingerprint density at radius 3 is 2.80 bits per heavy atom. The summed E-state index contributed by atoms with van der Waals surface area (Å²) in [5.74, 6) is 0.780. The van der Waals surface area contributed by atoms with E-state index in [1.54, 1.807) is 11.3 Å². The van der Waals surface area contributed by atoms with Crippen molar-refractivity contribution in [1.29, 1.82) is 0 Å². The summed E-state index contributed by atoms with van der Waals surface area (Å²) in [6.45, 7) is 2.31. The van der Waals surface area contributed by atoms with E-state index < -0.39 is 0 Å². The third-order valence-electron chi connectivity index (χ3n) is 1.84. The van der Waals surface area contributed by atoms with Crippen LogP contribution in [0.3, 0.4) is 0 Å². The predicted octanol–water partition coefficient (Wildman–Crippen LogP) is 2.20. The van der Waals surface area contributed by atoms with Crippen molar-refractivity contribution in [1.82, 2.24) is 5.32 Å². The van der Waals surface area contributed by atoms with Crippen molar-refractivity contribution in [3.8, 4) is 0 Å². The molecular formula is C7H8BrNS. The Hall–Kier alpha value is 0.140. The molecule has 0 amide bonds. The Labute approximate surface area is 72.6 Å². The highest BCUT2D eigenvalue weighted by molar-refractivity contribution is 9.11. The highest BCUT2D eigenvalue weighted by atomic mass is 79.9. The lowest BCUT2D eigenvalue weighted by molar-refractivity contribution is 0.449. The lowest BCUT2D eigenvalue weighted by Crippen LogP contribution is -2.39. The minimum absolute atomic E-state index is 0.780. The van der Waals surface area contributed by atoms with Gasteiger partial charge in [-0.25, -0.2) is 0 Å². The maximum Gasteiger partial charge on any atom is 0.0701 e. The average molecular weight is 218 g/mol. The molecule has 10 heavy (non-hydrogen) atoms. The molecule has 2 rings (SSSR count). The van der Waals surface area contributed by atoms with E-state index in [-0.39, 0.29) is 0 Å². The first-order valence-corrected chi connectivity index (χ1v) is 4.98. The lowest BCUT2D eigenvalue weighted by Gasteiger charge is -2.26. The number of hydrogen-bond acceptors (Lipinski definition) is 2. The van der Waals surface area contributed by atoms with Crippen molar-refractivity contribution in [2.24, 2.45) is 0 Å². The summed E-state index contributed by atoms with van der Waals surface area (Å²) in [5, 5.41) is 5.49. The third kappa shape index (κ3) is 1.13. The quantitative estimate of drug-likeness (QED) is 0.761. The van der Waals surface area contributed by atoms with E-state index in [2.05, 4.69) is 32.7 Å². The van der Waals surface area contributed by atoms with Gasteiger partial charge >= 0.3 is 0 Å². The van der Waals surface area contributed by atoms with Gasteiger partial charge in [0.15, 0.2) is 0 Å². The summed E-state index contributed by atoms with van der Waals surface area (Å²) in [6.07, 6.45) is 0. The van der Waals surface area contributed by atoms with Gasteiger partial charge in [0.05, 0.1) is 3.79 Å². The molecule has 0 spiro atoms. The molecule has 54 valence electrons. The van der Waals surface area contributed by atoms with Crippen LogP contribution in [-0.2, 0) is 0 Å². The van der Waals surface area contributed by atoms with Crippen molar-refractivity contribution >= 4 is 27.3 Å². The molecule has 1 aromatic rings. The molecule has 0 saturated carbocycles. The van der Waals surface area contributed by atoms with Crippen molar-refractivity contribution in [3.05, 3.63) is 20.8 Å². The molecule has 0 unspecified atom stereocenters.